The van der Waals surface area contributed by atoms with Crippen molar-refractivity contribution in [2.45, 2.75) is 64.7 Å². The van der Waals surface area contributed by atoms with Gasteiger partial charge in [-0.2, -0.15) is 5.10 Å². The van der Waals surface area contributed by atoms with Gasteiger partial charge in [0.25, 0.3) is 5.56 Å². The van der Waals surface area contributed by atoms with Crippen molar-refractivity contribution < 1.29 is 4.79 Å². The first-order valence-corrected chi connectivity index (χ1v) is 10.3. The minimum absolute atomic E-state index is 0.00758. The molecule has 2 aliphatic rings. The van der Waals surface area contributed by atoms with Crippen molar-refractivity contribution in [1.82, 2.24) is 24.2 Å². The number of fused-ring (bicyclic) bond motifs is 4. The first-order valence-electron chi connectivity index (χ1n) is 10.3. The highest BCUT2D eigenvalue weighted by Crippen LogP contribution is 2.31. The molecule has 0 spiro atoms. The van der Waals surface area contributed by atoms with Crippen LogP contribution in [0.15, 0.2) is 35.1 Å². The number of benzene rings is 1. The normalized spacial score (nSPS) is 20.7. The fourth-order valence-corrected chi connectivity index (χ4v) is 4.96. The van der Waals surface area contributed by atoms with Crippen LogP contribution in [-0.4, -0.2) is 42.2 Å². The lowest BCUT2D eigenvalue weighted by Crippen LogP contribution is -2.42. The monoisotopic (exact) mass is 391 g/mol. The third-order valence-electron chi connectivity index (χ3n) is 6.30. The zero-order valence-corrected chi connectivity index (χ0v) is 16.8. The molecule has 5 rings (SSSR count). The third kappa shape index (κ3) is 3.05. The molecule has 3 aromatic rings. The molecular weight excluding hydrogens is 366 g/mol. The number of aryl methyl sites for hydroxylation is 3. The van der Waals surface area contributed by atoms with Crippen LogP contribution < -0.4 is 5.56 Å². The van der Waals surface area contributed by atoms with Crippen LogP contribution in [-0.2, 0) is 24.3 Å². The topological polar surface area (TPSA) is 73.0 Å². The summed E-state index contributed by atoms with van der Waals surface area (Å²) < 4.78 is 3.70. The third-order valence-corrected chi connectivity index (χ3v) is 6.30. The molecule has 1 aromatic carbocycles. The van der Waals surface area contributed by atoms with E-state index in [1.165, 1.54) is 0 Å². The summed E-state index contributed by atoms with van der Waals surface area (Å²) in [4.78, 5) is 33.0. The Balaban J connectivity index is 1.41. The maximum Gasteiger partial charge on any atom is 0.261 e. The SMILES string of the molecule is Cc1cc(C)n(CCC(=O)N2C3CCC2Cn2c(nc4ccccc4c2=O)C3)n1. The van der Waals surface area contributed by atoms with Gasteiger partial charge < -0.3 is 4.90 Å². The largest absolute Gasteiger partial charge is 0.334 e. The number of hydrogen-bond acceptors (Lipinski definition) is 4. The lowest BCUT2D eigenvalue weighted by Gasteiger charge is -2.28. The Labute approximate surface area is 169 Å². The molecule has 0 N–H and O–H groups in total. The van der Waals surface area contributed by atoms with E-state index in [-0.39, 0.29) is 23.6 Å². The molecule has 2 aliphatic heterocycles. The second-order valence-corrected chi connectivity index (χ2v) is 8.25. The van der Waals surface area contributed by atoms with Crippen LogP contribution in [0.1, 0.15) is 36.5 Å². The zero-order valence-electron chi connectivity index (χ0n) is 16.8. The Bertz CT molecular complexity index is 1160. The van der Waals surface area contributed by atoms with E-state index in [4.69, 9.17) is 4.98 Å². The molecule has 2 unspecified atom stereocenters. The number of nitrogens with zero attached hydrogens (tertiary/aromatic N) is 5. The second-order valence-electron chi connectivity index (χ2n) is 8.25. The number of amides is 1. The number of hydrogen-bond donors (Lipinski definition) is 0. The van der Waals surface area contributed by atoms with E-state index < -0.39 is 0 Å². The van der Waals surface area contributed by atoms with Crippen molar-refractivity contribution in [1.29, 1.82) is 0 Å². The highest BCUT2D eigenvalue weighted by Gasteiger charge is 2.40. The summed E-state index contributed by atoms with van der Waals surface area (Å²) >= 11 is 0. The first-order chi connectivity index (χ1) is 14.0. The first kappa shape index (κ1) is 18.1. The van der Waals surface area contributed by atoms with Crippen LogP contribution in [0.25, 0.3) is 10.9 Å². The average molecular weight is 391 g/mol. The van der Waals surface area contributed by atoms with Gasteiger partial charge in [-0.25, -0.2) is 4.98 Å². The Kier molecular flexibility index (Phi) is 4.26. The molecule has 1 saturated heterocycles. The van der Waals surface area contributed by atoms with Crippen LogP contribution >= 0.6 is 0 Å². The van der Waals surface area contributed by atoms with E-state index in [0.29, 0.717) is 31.3 Å². The van der Waals surface area contributed by atoms with Crippen molar-refractivity contribution in [3.05, 3.63) is 57.9 Å². The van der Waals surface area contributed by atoms with Crippen LogP contribution in [0.5, 0.6) is 0 Å². The molecule has 2 aromatic heterocycles. The second kappa shape index (κ2) is 6.83. The molecule has 29 heavy (non-hydrogen) atoms. The van der Waals surface area contributed by atoms with Gasteiger partial charge in [0.05, 0.1) is 22.6 Å². The van der Waals surface area contributed by atoms with E-state index in [9.17, 15) is 9.59 Å². The van der Waals surface area contributed by atoms with Gasteiger partial charge in [-0.3, -0.25) is 18.8 Å². The van der Waals surface area contributed by atoms with Crippen LogP contribution in [0.2, 0.25) is 0 Å². The Morgan fingerprint density at radius 1 is 1.17 bits per heavy atom. The van der Waals surface area contributed by atoms with E-state index >= 15 is 0 Å². The fraction of sp³-hybridized carbons (Fsp3) is 0.455. The van der Waals surface area contributed by atoms with Crippen molar-refractivity contribution in [3.8, 4) is 0 Å². The fourth-order valence-electron chi connectivity index (χ4n) is 4.96. The number of carbonyl (C=O) groups excluding carboxylic acids is 1. The van der Waals surface area contributed by atoms with Gasteiger partial charge in [-0.05, 0) is 44.9 Å². The molecular formula is C22H25N5O2. The molecule has 0 aliphatic carbocycles. The molecule has 7 heteroatoms. The molecule has 0 saturated carbocycles. The van der Waals surface area contributed by atoms with Crippen molar-refractivity contribution >= 4 is 16.8 Å². The highest BCUT2D eigenvalue weighted by molar-refractivity contribution is 5.78. The van der Waals surface area contributed by atoms with Gasteiger partial charge in [-0.1, -0.05) is 12.1 Å². The Morgan fingerprint density at radius 3 is 2.76 bits per heavy atom. The maximum atomic E-state index is 13.2. The van der Waals surface area contributed by atoms with Crippen molar-refractivity contribution in [2.75, 3.05) is 0 Å². The molecule has 2 atom stereocenters. The summed E-state index contributed by atoms with van der Waals surface area (Å²) in [5.74, 6) is 0.952. The van der Waals surface area contributed by atoms with E-state index in [1.807, 2.05) is 53.8 Å². The quantitative estimate of drug-likeness (QED) is 0.686. The number of aromatic nitrogens is 4. The number of para-hydroxylation sites is 1. The molecule has 7 nitrogen and oxygen atoms in total. The summed E-state index contributed by atoms with van der Waals surface area (Å²) in [6.45, 7) is 5.10. The van der Waals surface area contributed by atoms with Crippen molar-refractivity contribution in [3.63, 3.8) is 0 Å². The minimum Gasteiger partial charge on any atom is -0.334 e. The van der Waals surface area contributed by atoms with Gasteiger partial charge in [0.15, 0.2) is 0 Å². The van der Waals surface area contributed by atoms with Crippen LogP contribution in [0.4, 0.5) is 0 Å². The molecule has 2 bridgehead atoms. The lowest BCUT2D eigenvalue weighted by atomic mass is 10.1. The Hall–Kier alpha value is -2.96. The average Bonchev–Trinajstić information content (AvgIpc) is 3.18. The van der Waals surface area contributed by atoms with E-state index in [0.717, 1.165) is 35.6 Å². The maximum absolute atomic E-state index is 13.2. The minimum atomic E-state index is 0.00758. The van der Waals surface area contributed by atoms with Gasteiger partial charge in [0.1, 0.15) is 5.82 Å². The molecule has 0 radical (unpaired) electrons. The zero-order chi connectivity index (χ0) is 20.1. The predicted molar refractivity (Wildman–Crippen MR) is 110 cm³/mol. The Morgan fingerprint density at radius 2 is 1.97 bits per heavy atom. The summed E-state index contributed by atoms with van der Waals surface area (Å²) in [5, 5.41) is 5.11. The summed E-state index contributed by atoms with van der Waals surface area (Å²) in [6.07, 6.45) is 2.98. The molecule has 150 valence electrons. The van der Waals surface area contributed by atoms with Crippen LogP contribution in [0.3, 0.4) is 0 Å². The molecule has 1 amide bonds. The van der Waals surface area contributed by atoms with Gasteiger partial charge in [0, 0.05) is 37.7 Å². The van der Waals surface area contributed by atoms with E-state index in [2.05, 4.69) is 5.10 Å². The highest BCUT2D eigenvalue weighted by atomic mass is 16.2. The summed E-state index contributed by atoms with van der Waals surface area (Å²) in [7, 11) is 0. The lowest BCUT2D eigenvalue weighted by molar-refractivity contribution is -0.134. The standard InChI is InChI=1S/C22H25N5O2/c1-14-11-15(2)26(24-14)10-9-21(28)27-16-7-8-17(27)13-25-20(12-16)23-19-6-4-3-5-18(19)22(25)29/h3-6,11,16-17H,7-10,12-13H2,1-2H3. The number of carbonyl (C=O) groups is 1. The number of rotatable bonds is 3. The predicted octanol–water partition coefficient (Wildman–Crippen LogP) is 2.22. The van der Waals surface area contributed by atoms with Crippen LogP contribution in [0, 0.1) is 13.8 Å². The van der Waals surface area contributed by atoms with Crippen molar-refractivity contribution in [2.24, 2.45) is 0 Å². The van der Waals surface area contributed by atoms with Gasteiger partial charge >= 0.3 is 0 Å². The molecule has 4 heterocycles. The van der Waals surface area contributed by atoms with Gasteiger partial charge in [-0.15, -0.1) is 0 Å². The van der Waals surface area contributed by atoms with E-state index in [1.54, 1.807) is 4.57 Å². The smallest absolute Gasteiger partial charge is 0.261 e. The summed E-state index contributed by atoms with van der Waals surface area (Å²) in [5.41, 5.74) is 2.79. The molecule has 1 fully saturated rings. The van der Waals surface area contributed by atoms with Gasteiger partial charge in [0.2, 0.25) is 5.91 Å². The summed E-state index contributed by atoms with van der Waals surface area (Å²) in [6, 6.07) is 9.71.